The molecule has 3 nitrogen and oxygen atoms in total. The van der Waals surface area contributed by atoms with Crippen molar-refractivity contribution in [3.63, 3.8) is 0 Å². The average Bonchev–Trinajstić information content (AvgIpc) is 2.81. The van der Waals surface area contributed by atoms with E-state index in [0.29, 0.717) is 15.9 Å². The molecule has 3 N–H and O–H groups in total. The van der Waals surface area contributed by atoms with Crippen LogP contribution in [-0.2, 0) is 4.74 Å². The van der Waals surface area contributed by atoms with Gasteiger partial charge in [-0.1, -0.05) is 23.8 Å². The molecule has 1 saturated heterocycles. The molecule has 0 bridgehead atoms. The van der Waals surface area contributed by atoms with Gasteiger partial charge in [-0.3, -0.25) is 0 Å². The highest BCUT2D eigenvalue weighted by Crippen LogP contribution is 2.22. The van der Waals surface area contributed by atoms with E-state index in [9.17, 15) is 0 Å². The van der Waals surface area contributed by atoms with Gasteiger partial charge in [-0.05, 0) is 37.0 Å². The summed E-state index contributed by atoms with van der Waals surface area (Å²) in [6.45, 7) is 2.72. The molecule has 0 amide bonds. The fourth-order valence-electron chi connectivity index (χ4n) is 2.06. The fourth-order valence-corrected chi connectivity index (χ4v) is 2.57. The molecule has 0 radical (unpaired) electrons. The molecule has 1 aromatic carbocycles. The number of halogens is 1. The van der Waals surface area contributed by atoms with Crippen LogP contribution in [-0.4, -0.2) is 24.7 Å². The minimum atomic E-state index is 0.328. The van der Waals surface area contributed by atoms with Crippen LogP contribution < -0.4 is 11.1 Å². The molecule has 1 fully saturated rings. The van der Waals surface area contributed by atoms with E-state index >= 15 is 0 Å². The van der Waals surface area contributed by atoms with E-state index in [1.807, 2.05) is 18.2 Å². The van der Waals surface area contributed by atoms with Gasteiger partial charge in [0.2, 0.25) is 0 Å². The van der Waals surface area contributed by atoms with Gasteiger partial charge in [-0.2, -0.15) is 0 Å². The zero-order valence-electron chi connectivity index (χ0n) is 10.1. The predicted molar refractivity (Wildman–Crippen MR) is 79.4 cm³/mol. The summed E-state index contributed by atoms with van der Waals surface area (Å²) >= 11 is 11.0. The van der Waals surface area contributed by atoms with Crippen LogP contribution in [0.2, 0.25) is 5.02 Å². The Morgan fingerprint density at radius 2 is 2.39 bits per heavy atom. The molecule has 0 aliphatic carbocycles. The molecule has 1 aromatic rings. The first-order valence-electron chi connectivity index (χ1n) is 6.08. The van der Waals surface area contributed by atoms with E-state index in [0.717, 1.165) is 37.4 Å². The van der Waals surface area contributed by atoms with E-state index < -0.39 is 0 Å². The van der Waals surface area contributed by atoms with Gasteiger partial charge in [0.05, 0.1) is 5.02 Å². The number of ether oxygens (including phenoxy) is 1. The molecule has 1 unspecified atom stereocenters. The Hall–Kier alpha value is -0.840. The number of nitrogens with one attached hydrogen (secondary N) is 1. The highest BCUT2D eigenvalue weighted by molar-refractivity contribution is 7.80. The number of hydrogen-bond acceptors (Lipinski definition) is 3. The van der Waals surface area contributed by atoms with Crippen molar-refractivity contribution in [1.82, 2.24) is 0 Å². The monoisotopic (exact) mass is 284 g/mol. The van der Waals surface area contributed by atoms with E-state index in [1.165, 1.54) is 6.42 Å². The van der Waals surface area contributed by atoms with Crippen LogP contribution >= 0.6 is 23.8 Å². The Bertz CT molecular complexity index is 433. The Labute approximate surface area is 118 Å². The van der Waals surface area contributed by atoms with Crippen molar-refractivity contribution in [3.05, 3.63) is 28.8 Å². The number of benzene rings is 1. The van der Waals surface area contributed by atoms with Crippen molar-refractivity contribution >= 4 is 34.5 Å². The van der Waals surface area contributed by atoms with Gasteiger partial charge in [-0.25, -0.2) is 0 Å². The highest BCUT2D eigenvalue weighted by Gasteiger charge is 2.14. The van der Waals surface area contributed by atoms with Crippen LogP contribution in [0.15, 0.2) is 18.2 Å². The number of hydrogen-bond donors (Lipinski definition) is 2. The van der Waals surface area contributed by atoms with Gasteiger partial charge in [0.15, 0.2) is 0 Å². The van der Waals surface area contributed by atoms with Crippen LogP contribution in [0.1, 0.15) is 18.4 Å². The Kier molecular flexibility index (Phi) is 4.80. The molecule has 1 heterocycles. The lowest BCUT2D eigenvalue weighted by Crippen LogP contribution is -2.11. The first-order chi connectivity index (χ1) is 8.66. The summed E-state index contributed by atoms with van der Waals surface area (Å²) in [6.07, 6.45) is 2.29. The summed E-state index contributed by atoms with van der Waals surface area (Å²) in [4.78, 5) is 0.328. The second-order valence-electron chi connectivity index (χ2n) is 4.50. The van der Waals surface area contributed by atoms with Crippen molar-refractivity contribution in [1.29, 1.82) is 0 Å². The standard InChI is InChI=1S/C13H17ClN2OS/c14-12-7-10(1-2-11(12)13(15)18)16-5-3-9-4-6-17-8-9/h1-2,7,9,16H,3-6,8H2,(H2,15,18). The molecule has 1 atom stereocenters. The topological polar surface area (TPSA) is 47.3 Å². The summed E-state index contributed by atoms with van der Waals surface area (Å²) < 4.78 is 5.34. The Morgan fingerprint density at radius 1 is 1.56 bits per heavy atom. The maximum Gasteiger partial charge on any atom is 0.105 e. The minimum Gasteiger partial charge on any atom is -0.389 e. The Balaban J connectivity index is 1.85. The maximum atomic E-state index is 6.10. The molecular formula is C13H17ClN2OS. The number of rotatable bonds is 5. The van der Waals surface area contributed by atoms with Gasteiger partial charge in [-0.15, -0.1) is 0 Å². The maximum absolute atomic E-state index is 6.10. The zero-order valence-corrected chi connectivity index (χ0v) is 11.7. The van der Waals surface area contributed by atoms with Crippen LogP contribution in [0, 0.1) is 5.92 Å². The van der Waals surface area contributed by atoms with Crippen LogP contribution in [0.3, 0.4) is 0 Å². The molecule has 98 valence electrons. The number of thiocarbonyl (C=S) groups is 1. The molecule has 18 heavy (non-hydrogen) atoms. The first-order valence-corrected chi connectivity index (χ1v) is 6.86. The van der Waals surface area contributed by atoms with E-state index in [1.54, 1.807) is 0 Å². The van der Waals surface area contributed by atoms with Gasteiger partial charge in [0.25, 0.3) is 0 Å². The van der Waals surface area contributed by atoms with Gasteiger partial charge in [0.1, 0.15) is 4.99 Å². The molecule has 2 rings (SSSR count). The van der Waals surface area contributed by atoms with Crippen molar-refractivity contribution in [2.24, 2.45) is 11.7 Å². The molecule has 5 heteroatoms. The average molecular weight is 285 g/mol. The van der Waals surface area contributed by atoms with Gasteiger partial charge >= 0.3 is 0 Å². The van der Waals surface area contributed by atoms with Crippen molar-refractivity contribution in [2.45, 2.75) is 12.8 Å². The summed E-state index contributed by atoms with van der Waals surface area (Å²) in [7, 11) is 0. The summed E-state index contributed by atoms with van der Waals surface area (Å²) in [5, 5.41) is 3.95. The third-order valence-electron chi connectivity index (χ3n) is 3.14. The fraction of sp³-hybridized carbons (Fsp3) is 0.462. The third-order valence-corrected chi connectivity index (χ3v) is 3.67. The molecule has 0 saturated carbocycles. The first kappa shape index (κ1) is 13.6. The normalized spacial score (nSPS) is 18.8. The number of anilines is 1. The molecule has 0 aromatic heterocycles. The second kappa shape index (κ2) is 6.36. The lowest BCUT2D eigenvalue weighted by Gasteiger charge is -2.11. The minimum absolute atomic E-state index is 0.328. The molecule has 1 aliphatic heterocycles. The lowest BCUT2D eigenvalue weighted by molar-refractivity contribution is 0.185. The largest absolute Gasteiger partial charge is 0.389 e. The molecular weight excluding hydrogens is 268 g/mol. The van der Waals surface area contributed by atoms with E-state index in [4.69, 9.17) is 34.3 Å². The molecule has 0 spiro atoms. The quantitative estimate of drug-likeness (QED) is 0.816. The predicted octanol–water partition coefficient (Wildman–Crippen LogP) is 2.81. The number of nitrogens with two attached hydrogens (primary N) is 1. The summed E-state index contributed by atoms with van der Waals surface area (Å²) in [5.41, 5.74) is 7.28. The van der Waals surface area contributed by atoms with Crippen molar-refractivity contribution in [3.8, 4) is 0 Å². The van der Waals surface area contributed by atoms with Gasteiger partial charge < -0.3 is 15.8 Å². The summed E-state index contributed by atoms with van der Waals surface area (Å²) in [5.74, 6) is 0.684. The third kappa shape index (κ3) is 3.57. The van der Waals surface area contributed by atoms with Gasteiger partial charge in [0, 0.05) is 31.0 Å². The summed E-state index contributed by atoms with van der Waals surface area (Å²) in [6, 6.07) is 5.67. The van der Waals surface area contributed by atoms with Crippen LogP contribution in [0.5, 0.6) is 0 Å². The van der Waals surface area contributed by atoms with Crippen LogP contribution in [0.4, 0.5) is 5.69 Å². The smallest absolute Gasteiger partial charge is 0.105 e. The zero-order chi connectivity index (χ0) is 13.0. The van der Waals surface area contributed by atoms with E-state index in [2.05, 4.69) is 5.32 Å². The lowest BCUT2D eigenvalue weighted by atomic mass is 10.1. The SMILES string of the molecule is NC(=S)c1ccc(NCCC2CCOC2)cc1Cl. The van der Waals surface area contributed by atoms with Crippen LogP contribution in [0.25, 0.3) is 0 Å². The molecule has 1 aliphatic rings. The van der Waals surface area contributed by atoms with Crippen molar-refractivity contribution < 1.29 is 4.74 Å². The van der Waals surface area contributed by atoms with Crippen molar-refractivity contribution in [2.75, 3.05) is 25.1 Å². The second-order valence-corrected chi connectivity index (χ2v) is 5.35. The highest BCUT2D eigenvalue weighted by atomic mass is 35.5. The Morgan fingerprint density at radius 3 is 3.00 bits per heavy atom. The van der Waals surface area contributed by atoms with E-state index in [-0.39, 0.29) is 0 Å².